The summed E-state index contributed by atoms with van der Waals surface area (Å²) in [7, 11) is 0. The van der Waals surface area contributed by atoms with E-state index in [1.54, 1.807) is 0 Å². The van der Waals surface area contributed by atoms with Crippen molar-refractivity contribution in [1.29, 1.82) is 0 Å². The number of carbonyl (C=O) groups is 1. The van der Waals surface area contributed by atoms with E-state index in [4.69, 9.17) is 0 Å². The van der Waals surface area contributed by atoms with Crippen molar-refractivity contribution in [3.8, 4) is 0 Å². The van der Waals surface area contributed by atoms with Gasteiger partial charge in [0.15, 0.2) is 0 Å². The maximum atomic E-state index is 12.8. The molecule has 114 valence electrons. The summed E-state index contributed by atoms with van der Waals surface area (Å²) in [5.74, 6) is 1.34. The van der Waals surface area contributed by atoms with Gasteiger partial charge >= 0.3 is 0 Å². The van der Waals surface area contributed by atoms with Crippen LogP contribution < -0.4 is 5.32 Å². The van der Waals surface area contributed by atoms with E-state index < -0.39 is 0 Å². The normalized spacial score (nSPS) is 16.7. The Kier molecular flexibility index (Phi) is 3.95. The molecule has 1 aliphatic rings. The van der Waals surface area contributed by atoms with E-state index in [0.29, 0.717) is 5.92 Å². The molecule has 1 amide bonds. The number of fused-ring (bicyclic) bond motifs is 1. The monoisotopic (exact) mass is 307 g/mol. The smallest absolute Gasteiger partial charge is 0.265 e. The maximum Gasteiger partial charge on any atom is 0.265 e. The molecule has 2 aromatic rings. The fourth-order valence-electron chi connectivity index (χ4n) is 2.69. The molecule has 1 fully saturated rings. The second-order valence-electron chi connectivity index (χ2n) is 5.74. The molecule has 0 aromatic carbocycles. The minimum Gasteiger partial charge on any atom is -0.337 e. The minimum absolute atomic E-state index is 0.126. The quantitative estimate of drug-likeness (QED) is 0.916. The summed E-state index contributed by atoms with van der Waals surface area (Å²) in [5, 5.41) is 11.8. The average molecular weight is 307 g/mol. The molecule has 7 heteroatoms. The summed E-state index contributed by atoms with van der Waals surface area (Å²) in [6.45, 7) is 9.62. The second-order valence-corrected chi connectivity index (χ2v) is 6.72. The van der Waals surface area contributed by atoms with Crippen LogP contribution in [0.5, 0.6) is 0 Å². The van der Waals surface area contributed by atoms with Crippen molar-refractivity contribution in [2.45, 2.75) is 33.1 Å². The van der Waals surface area contributed by atoms with Gasteiger partial charge in [-0.05, 0) is 19.9 Å². The van der Waals surface area contributed by atoms with Gasteiger partial charge in [0.1, 0.15) is 10.7 Å². The van der Waals surface area contributed by atoms with Gasteiger partial charge in [0.05, 0.1) is 0 Å². The Hall–Kier alpha value is -1.47. The van der Waals surface area contributed by atoms with Crippen LogP contribution in [0, 0.1) is 6.92 Å². The summed E-state index contributed by atoms with van der Waals surface area (Å²) in [6, 6.07) is 0. The van der Waals surface area contributed by atoms with Crippen LogP contribution in [0.2, 0.25) is 0 Å². The fourth-order valence-corrected chi connectivity index (χ4v) is 3.74. The molecule has 3 heterocycles. The lowest BCUT2D eigenvalue weighted by atomic mass is 10.2. The molecule has 0 aliphatic carbocycles. The summed E-state index contributed by atoms with van der Waals surface area (Å²) in [5.41, 5.74) is 0.964. The first kappa shape index (κ1) is 14.5. The minimum atomic E-state index is 0.126. The van der Waals surface area contributed by atoms with Crippen molar-refractivity contribution in [2.24, 2.45) is 0 Å². The Morgan fingerprint density at radius 1 is 1.29 bits per heavy atom. The van der Waals surface area contributed by atoms with E-state index in [1.807, 2.05) is 16.2 Å². The number of aromatic nitrogens is 3. The van der Waals surface area contributed by atoms with Crippen LogP contribution in [0.25, 0.3) is 4.96 Å². The molecule has 0 spiro atoms. The van der Waals surface area contributed by atoms with Crippen molar-refractivity contribution in [3.63, 3.8) is 0 Å². The van der Waals surface area contributed by atoms with Crippen LogP contribution in [-0.2, 0) is 0 Å². The maximum absolute atomic E-state index is 12.8. The van der Waals surface area contributed by atoms with Crippen molar-refractivity contribution in [2.75, 3.05) is 26.2 Å². The molecule has 2 aromatic heterocycles. The third-order valence-electron chi connectivity index (χ3n) is 3.85. The summed E-state index contributed by atoms with van der Waals surface area (Å²) < 4.78 is 2.03. The van der Waals surface area contributed by atoms with Gasteiger partial charge in [0, 0.05) is 31.2 Å². The first-order valence-electron chi connectivity index (χ1n) is 7.44. The number of rotatable bonds is 2. The molecule has 0 radical (unpaired) electrons. The zero-order valence-electron chi connectivity index (χ0n) is 12.7. The van der Waals surface area contributed by atoms with Gasteiger partial charge in [-0.3, -0.25) is 9.20 Å². The number of carbonyl (C=O) groups excluding carboxylic acids is 1. The highest BCUT2D eigenvalue weighted by Gasteiger charge is 2.25. The molecule has 1 saturated heterocycles. The van der Waals surface area contributed by atoms with E-state index >= 15 is 0 Å². The topological polar surface area (TPSA) is 62.5 Å². The zero-order valence-corrected chi connectivity index (χ0v) is 13.5. The predicted molar refractivity (Wildman–Crippen MR) is 83.1 cm³/mol. The van der Waals surface area contributed by atoms with Crippen LogP contribution in [-0.4, -0.2) is 51.6 Å². The summed E-state index contributed by atoms with van der Waals surface area (Å²) >= 11 is 1.45. The number of amides is 1. The third-order valence-corrected chi connectivity index (χ3v) is 4.97. The lowest BCUT2D eigenvalue weighted by Crippen LogP contribution is -2.34. The van der Waals surface area contributed by atoms with E-state index in [0.717, 1.165) is 54.0 Å². The van der Waals surface area contributed by atoms with E-state index in [9.17, 15) is 4.79 Å². The summed E-state index contributed by atoms with van der Waals surface area (Å²) in [6.07, 6.45) is 1.01. The van der Waals surface area contributed by atoms with Gasteiger partial charge in [0.25, 0.3) is 5.91 Å². The van der Waals surface area contributed by atoms with Crippen LogP contribution in [0.15, 0.2) is 0 Å². The standard InChI is InChI=1S/C14H21N5OS/c1-9(2)12-16-17-14-19(12)10(3)11(21-14)13(20)18-7-4-5-15-6-8-18/h9,15H,4-8H2,1-3H3. The van der Waals surface area contributed by atoms with Crippen LogP contribution in [0.4, 0.5) is 0 Å². The third kappa shape index (κ3) is 2.55. The largest absolute Gasteiger partial charge is 0.337 e. The molecular weight excluding hydrogens is 286 g/mol. The van der Waals surface area contributed by atoms with Crippen molar-refractivity contribution in [1.82, 2.24) is 24.8 Å². The van der Waals surface area contributed by atoms with E-state index in [-0.39, 0.29) is 5.91 Å². The molecule has 0 atom stereocenters. The molecule has 0 unspecified atom stereocenters. The van der Waals surface area contributed by atoms with Gasteiger partial charge in [0.2, 0.25) is 4.96 Å². The summed E-state index contributed by atoms with van der Waals surface area (Å²) in [4.78, 5) is 16.3. The zero-order chi connectivity index (χ0) is 15.0. The Labute approximate surface area is 128 Å². The molecule has 3 rings (SSSR count). The molecule has 6 nitrogen and oxygen atoms in total. The first-order valence-corrected chi connectivity index (χ1v) is 8.25. The van der Waals surface area contributed by atoms with Gasteiger partial charge < -0.3 is 10.2 Å². The number of hydrogen-bond acceptors (Lipinski definition) is 5. The number of hydrogen-bond donors (Lipinski definition) is 1. The fraction of sp³-hybridized carbons (Fsp3) is 0.643. The number of aryl methyl sites for hydroxylation is 1. The SMILES string of the molecule is Cc1c(C(=O)N2CCCNCC2)sc2nnc(C(C)C)n12. The van der Waals surface area contributed by atoms with E-state index in [2.05, 4.69) is 29.4 Å². The number of nitrogens with zero attached hydrogens (tertiary/aromatic N) is 4. The molecular formula is C14H21N5OS. The number of nitrogens with one attached hydrogen (secondary N) is 1. The van der Waals surface area contributed by atoms with Gasteiger partial charge in [-0.25, -0.2) is 0 Å². The lowest BCUT2D eigenvalue weighted by molar-refractivity contribution is 0.0770. The van der Waals surface area contributed by atoms with Gasteiger partial charge in [-0.15, -0.1) is 10.2 Å². The van der Waals surface area contributed by atoms with Crippen molar-refractivity contribution in [3.05, 3.63) is 16.4 Å². The highest BCUT2D eigenvalue weighted by Crippen LogP contribution is 2.26. The van der Waals surface area contributed by atoms with Crippen LogP contribution in [0.1, 0.15) is 47.4 Å². The van der Waals surface area contributed by atoms with Crippen LogP contribution >= 0.6 is 11.3 Å². The van der Waals surface area contributed by atoms with Crippen LogP contribution in [0.3, 0.4) is 0 Å². The Morgan fingerprint density at radius 3 is 2.86 bits per heavy atom. The molecule has 0 saturated carbocycles. The lowest BCUT2D eigenvalue weighted by Gasteiger charge is -2.19. The first-order chi connectivity index (χ1) is 10.1. The van der Waals surface area contributed by atoms with Crippen molar-refractivity contribution >= 4 is 22.2 Å². The highest BCUT2D eigenvalue weighted by atomic mass is 32.1. The second kappa shape index (κ2) is 5.73. The van der Waals surface area contributed by atoms with E-state index in [1.165, 1.54) is 11.3 Å². The Bertz CT molecular complexity index is 652. The molecule has 0 bridgehead atoms. The van der Waals surface area contributed by atoms with Gasteiger partial charge in [-0.1, -0.05) is 25.2 Å². The Balaban J connectivity index is 1.96. The average Bonchev–Trinajstić information content (AvgIpc) is 2.87. The molecule has 1 N–H and O–H groups in total. The predicted octanol–water partition coefficient (Wildman–Crippen LogP) is 1.66. The van der Waals surface area contributed by atoms with Gasteiger partial charge in [-0.2, -0.15) is 0 Å². The molecule has 1 aliphatic heterocycles. The highest BCUT2D eigenvalue weighted by molar-refractivity contribution is 7.19. The number of thiazole rings is 1. The van der Waals surface area contributed by atoms with Crippen molar-refractivity contribution < 1.29 is 4.79 Å². The Morgan fingerprint density at radius 2 is 2.10 bits per heavy atom. The molecule has 21 heavy (non-hydrogen) atoms.